The molecule has 2 aliphatic rings. The average Bonchev–Trinajstić information content (AvgIpc) is 3.30. The Labute approximate surface area is 144 Å². The number of amides is 2. The fourth-order valence-corrected chi connectivity index (χ4v) is 4.69. The Morgan fingerprint density at radius 2 is 2.29 bits per heavy atom. The highest BCUT2D eigenvalue weighted by Gasteiger charge is 2.39. The molecule has 126 valence electrons. The molecule has 4 heterocycles. The van der Waals surface area contributed by atoms with E-state index in [2.05, 4.69) is 18.4 Å². The number of nitrogens with zero attached hydrogens (tertiary/aromatic N) is 2. The van der Waals surface area contributed by atoms with Gasteiger partial charge in [0.1, 0.15) is 5.76 Å². The van der Waals surface area contributed by atoms with Crippen molar-refractivity contribution in [1.82, 2.24) is 9.80 Å². The van der Waals surface area contributed by atoms with E-state index in [1.807, 2.05) is 17.0 Å². The second-order valence-electron chi connectivity index (χ2n) is 6.51. The highest BCUT2D eigenvalue weighted by molar-refractivity contribution is 7.10. The Morgan fingerprint density at radius 1 is 1.42 bits per heavy atom. The largest absolute Gasteiger partial charge is 0.467 e. The van der Waals surface area contributed by atoms with Crippen LogP contribution in [0.15, 0.2) is 34.3 Å². The van der Waals surface area contributed by atoms with Gasteiger partial charge >= 0.3 is 0 Å². The SMILES string of the molecule is C[C@H]1c2ccsc2CCN1C(=O)[C@@H]1CC(=O)N(Cc2ccco2)C1. The molecule has 0 N–H and O–H groups in total. The molecule has 1 saturated heterocycles. The van der Waals surface area contributed by atoms with Gasteiger partial charge in [0.25, 0.3) is 0 Å². The first kappa shape index (κ1) is 15.4. The van der Waals surface area contributed by atoms with Gasteiger partial charge in [-0.2, -0.15) is 0 Å². The van der Waals surface area contributed by atoms with E-state index in [9.17, 15) is 9.59 Å². The zero-order chi connectivity index (χ0) is 16.7. The highest BCUT2D eigenvalue weighted by Crippen LogP contribution is 2.35. The molecule has 0 bridgehead atoms. The normalized spacial score (nSPS) is 23.6. The zero-order valence-corrected chi connectivity index (χ0v) is 14.4. The molecule has 0 spiro atoms. The van der Waals surface area contributed by atoms with Gasteiger partial charge in [-0.3, -0.25) is 9.59 Å². The third-order valence-corrected chi connectivity index (χ3v) is 6.05. The molecule has 1 fully saturated rings. The van der Waals surface area contributed by atoms with Crippen LogP contribution in [-0.4, -0.2) is 34.7 Å². The number of carbonyl (C=O) groups excluding carboxylic acids is 2. The Balaban J connectivity index is 1.45. The molecule has 6 heteroatoms. The number of rotatable bonds is 3. The Hall–Kier alpha value is -2.08. The van der Waals surface area contributed by atoms with Gasteiger partial charge in [-0.25, -0.2) is 0 Å². The topological polar surface area (TPSA) is 53.8 Å². The molecule has 2 aromatic heterocycles. The van der Waals surface area contributed by atoms with E-state index in [4.69, 9.17) is 4.42 Å². The Morgan fingerprint density at radius 3 is 3.08 bits per heavy atom. The van der Waals surface area contributed by atoms with Gasteiger partial charge in [0, 0.05) is 24.4 Å². The number of hydrogen-bond acceptors (Lipinski definition) is 4. The molecule has 0 radical (unpaired) electrons. The second kappa shape index (κ2) is 6.09. The lowest BCUT2D eigenvalue weighted by molar-refractivity contribution is -0.138. The fourth-order valence-electron chi connectivity index (χ4n) is 3.73. The van der Waals surface area contributed by atoms with Crippen LogP contribution < -0.4 is 0 Å². The predicted molar refractivity (Wildman–Crippen MR) is 90.4 cm³/mol. The summed E-state index contributed by atoms with van der Waals surface area (Å²) in [5.74, 6) is 0.654. The van der Waals surface area contributed by atoms with Crippen molar-refractivity contribution in [2.45, 2.75) is 32.4 Å². The van der Waals surface area contributed by atoms with Gasteiger partial charge in [-0.1, -0.05) is 0 Å². The lowest BCUT2D eigenvalue weighted by Gasteiger charge is -2.35. The lowest BCUT2D eigenvalue weighted by Crippen LogP contribution is -2.42. The van der Waals surface area contributed by atoms with Crippen LogP contribution >= 0.6 is 11.3 Å². The number of hydrogen-bond donors (Lipinski definition) is 0. The number of likely N-dealkylation sites (tertiary alicyclic amines) is 1. The first-order chi connectivity index (χ1) is 11.6. The summed E-state index contributed by atoms with van der Waals surface area (Å²) in [4.78, 5) is 30.3. The van der Waals surface area contributed by atoms with Crippen LogP contribution in [0.5, 0.6) is 0 Å². The van der Waals surface area contributed by atoms with Crippen molar-refractivity contribution in [3.8, 4) is 0 Å². The molecule has 4 rings (SSSR count). The third kappa shape index (κ3) is 2.65. The molecule has 0 unspecified atom stereocenters. The van der Waals surface area contributed by atoms with E-state index in [0.29, 0.717) is 19.5 Å². The summed E-state index contributed by atoms with van der Waals surface area (Å²) >= 11 is 1.77. The summed E-state index contributed by atoms with van der Waals surface area (Å²) in [6, 6.07) is 5.88. The minimum Gasteiger partial charge on any atom is -0.467 e. The quantitative estimate of drug-likeness (QED) is 0.860. The van der Waals surface area contributed by atoms with Gasteiger partial charge in [0.05, 0.1) is 24.8 Å². The van der Waals surface area contributed by atoms with Gasteiger partial charge in [0.15, 0.2) is 0 Å². The molecule has 2 amide bonds. The van der Waals surface area contributed by atoms with Gasteiger partial charge in [0.2, 0.25) is 11.8 Å². The molecule has 0 aliphatic carbocycles. The summed E-state index contributed by atoms with van der Waals surface area (Å²) in [5, 5.41) is 2.10. The maximum atomic E-state index is 13.0. The van der Waals surface area contributed by atoms with Crippen LogP contribution in [-0.2, 0) is 22.6 Å². The highest BCUT2D eigenvalue weighted by atomic mass is 32.1. The van der Waals surface area contributed by atoms with Gasteiger partial charge < -0.3 is 14.2 Å². The number of thiophene rings is 1. The number of fused-ring (bicyclic) bond motifs is 1. The standard InChI is InChI=1S/C18H20N2O3S/c1-12-15-5-8-24-16(15)4-6-20(12)18(22)13-9-17(21)19(10-13)11-14-3-2-7-23-14/h2-3,5,7-8,12-13H,4,6,9-11H2,1H3/t12-,13+/m0/s1. The van der Waals surface area contributed by atoms with Crippen LogP contribution in [0.4, 0.5) is 0 Å². The van der Waals surface area contributed by atoms with Crippen molar-refractivity contribution in [2.24, 2.45) is 5.92 Å². The maximum Gasteiger partial charge on any atom is 0.228 e. The summed E-state index contributed by atoms with van der Waals surface area (Å²) in [5.41, 5.74) is 1.26. The minimum absolute atomic E-state index is 0.0330. The van der Waals surface area contributed by atoms with Crippen LogP contribution in [0.2, 0.25) is 0 Å². The van der Waals surface area contributed by atoms with E-state index < -0.39 is 0 Å². The minimum atomic E-state index is -0.241. The summed E-state index contributed by atoms with van der Waals surface area (Å²) in [6.45, 7) is 3.76. The van der Waals surface area contributed by atoms with Crippen molar-refractivity contribution in [3.05, 3.63) is 46.0 Å². The van der Waals surface area contributed by atoms with Crippen LogP contribution in [0, 0.1) is 5.92 Å². The van der Waals surface area contributed by atoms with Crippen molar-refractivity contribution in [1.29, 1.82) is 0 Å². The van der Waals surface area contributed by atoms with Crippen LogP contribution in [0.1, 0.15) is 35.6 Å². The molecule has 2 atom stereocenters. The Kier molecular flexibility index (Phi) is 3.92. The van der Waals surface area contributed by atoms with E-state index >= 15 is 0 Å². The van der Waals surface area contributed by atoms with Crippen molar-refractivity contribution in [2.75, 3.05) is 13.1 Å². The van der Waals surface area contributed by atoms with Crippen LogP contribution in [0.3, 0.4) is 0 Å². The monoisotopic (exact) mass is 344 g/mol. The smallest absolute Gasteiger partial charge is 0.228 e. The van der Waals surface area contributed by atoms with Gasteiger partial charge in [-0.05, 0) is 42.5 Å². The average molecular weight is 344 g/mol. The number of carbonyl (C=O) groups is 2. The molecule has 0 aromatic carbocycles. The molecular weight excluding hydrogens is 324 g/mol. The summed E-state index contributed by atoms with van der Waals surface area (Å²) in [7, 11) is 0. The summed E-state index contributed by atoms with van der Waals surface area (Å²) in [6.07, 6.45) is 2.82. The molecule has 5 nitrogen and oxygen atoms in total. The summed E-state index contributed by atoms with van der Waals surface area (Å²) < 4.78 is 5.31. The maximum absolute atomic E-state index is 13.0. The van der Waals surface area contributed by atoms with E-state index in [-0.39, 0.29) is 23.8 Å². The molecule has 0 saturated carbocycles. The molecular formula is C18H20N2O3S. The van der Waals surface area contributed by atoms with E-state index in [1.165, 1.54) is 10.4 Å². The second-order valence-corrected chi connectivity index (χ2v) is 7.51. The lowest BCUT2D eigenvalue weighted by atomic mass is 9.98. The fraction of sp³-hybridized carbons (Fsp3) is 0.444. The van der Waals surface area contributed by atoms with Crippen molar-refractivity contribution >= 4 is 23.2 Å². The predicted octanol–water partition coefficient (Wildman–Crippen LogP) is 2.84. The molecule has 24 heavy (non-hydrogen) atoms. The van der Waals surface area contributed by atoms with E-state index in [1.54, 1.807) is 22.5 Å². The molecule has 2 aromatic rings. The first-order valence-electron chi connectivity index (χ1n) is 8.30. The zero-order valence-electron chi connectivity index (χ0n) is 13.6. The third-order valence-electron chi connectivity index (χ3n) is 5.05. The van der Waals surface area contributed by atoms with Crippen molar-refractivity contribution in [3.63, 3.8) is 0 Å². The number of furan rings is 1. The van der Waals surface area contributed by atoms with Crippen molar-refractivity contribution < 1.29 is 14.0 Å². The van der Waals surface area contributed by atoms with E-state index in [0.717, 1.165) is 18.7 Å². The Bertz CT molecular complexity index is 752. The van der Waals surface area contributed by atoms with Crippen LogP contribution in [0.25, 0.3) is 0 Å². The van der Waals surface area contributed by atoms with Gasteiger partial charge in [-0.15, -0.1) is 11.3 Å². The first-order valence-corrected chi connectivity index (χ1v) is 9.18. The molecule has 2 aliphatic heterocycles.